The largest absolute Gasteiger partial charge is 0.487 e. The van der Waals surface area contributed by atoms with Crippen molar-refractivity contribution in [1.82, 2.24) is 4.90 Å². The summed E-state index contributed by atoms with van der Waals surface area (Å²) < 4.78 is 6.36. The number of ether oxygens (including phenoxy) is 1. The number of fused-ring (bicyclic) bond motifs is 1. The first-order chi connectivity index (χ1) is 16.2. The summed E-state index contributed by atoms with van der Waals surface area (Å²) >= 11 is 12.2. The summed E-state index contributed by atoms with van der Waals surface area (Å²) in [5, 5.41) is 10.6. The summed E-state index contributed by atoms with van der Waals surface area (Å²) in [6.45, 7) is 1.82. The highest BCUT2D eigenvalue weighted by Crippen LogP contribution is 2.36. The van der Waals surface area contributed by atoms with Crippen LogP contribution in [0.5, 0.6) is 5.75 Å². The van der Waals surface area contributed by atoms with E-state index in [1.165, 1.54) is 4.90 Å². The fourth-order valence-corrected chi connectivity index (χ4v) is 4.75. The standard InChI is InChI=1S/C27H25Cl2NO4/c1-27(15-18-4-2-6-22(28)12-18)11-10-20-14-21(8-9-24(20)34-27)26(33)30(17-25(31)32)16-19-5-3-7-23(29)13-19/h2-9,12-14H,10-11,15-17H2,1H3,(H,31,32). The molecule has 1 N–H and O–H groups in total. The Morgan fingerprint density at radius 2 is 1.68 bits per heavy atom. The number of hydrogen-bond acceptors (Lipinski definition) is 3. The van der Waals surface area contributed by atoms with Gasteiger partial charge in [0.2, 0.25) is 0 Å². The molecule has 3 aromatic rings. The second kappa shape index (κ2) is 10.1. The van der Waals surface area contributed by atoms with Crippen molar-refractivity contribution in [1.29, 1.82) is 0 Å². The Labute approximate surface area is 208 Å². The summed E-state index contributed by atoms with van der Waals surface area (Å²) in [7, 11) is 0. The second-order valence-electron chi connectivity index (χ2n) is 8.87. The van der Waals surface area contributed by atoms with Gasteiger partial charge in [-0.3, -0.25) is 9.59 Å². The molecule has 0 bridgehead atoms. The summed E-state index contributed by atoms with van der Waals surface area (Å²) in [6, 6.07) is 20.1. The summed E-state index contributed by atoms with van der Waals surface area (Å²) in [5.74, 6) is -0.683. The molecule has 5 nitrogen and oxygen atoms in total. The molecule has 0 aliphatic carbocycles. The number of carbonyl (C=O) groups excluding carboxylic acids is 1. The molecular formula is C27H25Cl2NO4. The third-order valence-electron chi connectivity index (χ3n) is 5.93. The number of aryl methyl sites for hydroxylation is 1. The van der Waals surface area contributed by atoms with Crippen LogP contribution in [0.3, 0.4) is 0 Å². The number of carboxylic acids is 1. The van der Waals surface area contributed by atoms with Crippen molar-refractivity contribution in [2.45, 2.75) is 38.3 Å². The molecule has 4 rings (SSSR count). The molecule has 0 radical (unpaired) electrons. The molecule has 0 aromatic heterocycles. The topological polar surface area (TPSA) is 66.8 Å². The van der Waals surface area contributed by atoms with E-state index < -0.39 is 12.5 Å². The molecule has 1 heterocycles. The molecule has 176 valence electrons. The van der Waals surface area contributed by atoms with Crippen molar-refractivity contribution < 1.29 is 19.4 Å². The molecule has 34 heavy (non-hydrogen) atoms. The van der Waals surface area contributed by atoms with Gasteiger partial charge in [-0.2, -0.15) is 0 Å². The van der Waals surface area contributed by atoms with E-state index in [1.807, 2.05) is 36.4 Å². The number of carboxylic acid groups (broad SMARTS) is 1. The summed E-state index contributed by atoms with van der Waals surface area (Å²) in [5.41, 5.74) is 2.86. The number of aliphatic carboxylic acids is 1. The lowest BCUT2D eigenvalue weighted by molar-refractivity contribution is -0.137. The third kappa shape index (κ3) is 5.91. The lowest BCUT2D eigenvalue weighted by Gasteiger charge is -2.36. The molecule has 3 aromatic carbocycles. The van der Waals surface area contributed by atoms with Crippen LogP contribution in [0.4, 0.5) is 0 Å². The van der Waals surface area contributed by atoms with Gasteiger partial charge in [-0.1, -0.05) is 47.5 Å². The Kier molecular flexibility index (Phi) is 7.15. The van der Waals surface area contributed by atoms with E-state index in [0.29, 0.717) is 15.6 Å². The zero-order chi connectivity index (χ0) is 24.3. The highest BCUT2D eigenvalue weighted by molar-refractivity contribution is 6.30. The lowest BCUT2D eigenvalue weighted by Crippen LogP contribution is -2.39. The van der Waals surface area contributed by atoms with E-state index in [2.05, 4.69) is 6.92 Å². The average molecular weight is 498 g/mol. The molecule has 1 aliphatic rings. The van der Waals surface area contributed by atoms with Gasteiger partial charge in [0.25, 0.3) is 5.91 Å². The molecule has 1 unspecified atom stereocenters. The van der Waals surface area contributed by atoms with Gasteiger partial charge >= 0.3 is 5.97 Å². The number of halogens is 2. The van der Waals surface area contributed by atoms with Crippen LogP contribution < -0.4 is 4.74 Å². The van der Waals surface area contributed by atoms with Gasteiger partial charge in [0.05, 0.1) is 0 Å². The number of benzene rings is 3. The maximum atomic E-state index is 13.2. The van der Waals surface area contributed by atoms with Gasteiger partial charge in [0.1, 0.15) is 17.9 Å². The molecule has 1 atom stereocenters. The van der Waals surface area contributed by atoms with Crippen LogP contribution in [0.25, 0.3) is 0 Å². The summed E-state index contributed by atoms with van der Waals surface area (Å²) in [6.07, 6.45) is 2.26. The Balaban J connectivity index is 1.52. The van der Waals surface area contributed by atoms with Crippen LogP contribution >= 0.6 is 23.2 Å². The first-order valence-corrected chi connectivity index (χ1v) is 11.8. The van der Waals surface area contributed by atoms with Crippen LogP contribution in [0.2, 0.25) is 10.0 Å². The smallest absolute Gasteiger partial charge is 0.323 e. The Morgan fingerprint density at radius 1 is 1.00 bits per heavy atom. The first kappa shape index (κ1) is 24.1. The van der Waals surface area contributed by atoms with Crippen molar-refractivity contribution >= 4 is 35.1 Å². The fraction of sp³-hybridized carbons (Fsp3) is 0.259. The Bertz CT molecular complexity index is 1230. The molecule has 0 fully saturated rings. The van der Waals surface area contributed by atoms with Crippen LogP contribution in [0.1, 0.15) is 40.4 Å². The Morgan fingerprint density at radius 3 is 2.35 bits per heavy atom. The highest BCUT2D eigenvalue weighted by atomic mass is 35.5. The van der Waals surface area contributed by atoms with Gasteiger partial charge in [-0.05, 0) is 78.9 Å². The van der Waals surface area contributed by atoms with Gasteiger partial charge in [-0.15, -0.1) is 0 Å². The van der Waals surface area contributed by atoms with E-state index in [4.69, 9.17) is 27.9 Å². The number of amides is 1. The number of nitrogens with zero attached hydrogens (tertiary/aromatic N) is 1. The van der Waals surface area contributed by atoms with Crippen molar-refractivity contribution in [3.8, 4) is 5.75 Å². The molecule has 0 saturated heterocycles. The normalized spacial score (nSPS) is 16.9. The maximum absolute atomic E-state index is 13.2. The van der Waals surface area contributed by atoms with Crippen LogP contribution in [-0.2, 0) is 24.2 Å². The van der Waals surface area contributed by atoms with Crippen LogP contribution in [-0.4, -0.2) is 34.0 Å². The zero-order valence-electron chi connectivity index (χ0n) is 18.8. The summed E-state index contributed by atoms with van der Waals surface area (Å²) in [4.78, 5) is 26.0. The number of carbonyl (C=O) groups is 2. The minimum absolute atomic E-state index is 0.150. The van der Waals surface area contributed by atoms with Crippen LogP contribution in [0, 0.1) is 0 Å². The van der Waals surface area contributed by atoms with Crippen molar-refractivity contribution in [3.05, 3.63) is 99.0 Å². The number of rotatable bonds is 7. The van der Waals surface area contributed by atoms with Crippen LogP contribution in [0.15, 0.2) is 66.7 Å². The minimum Gasteiger partial charge on any atom is -0.487 e. The third-order valence-corrected chi connectivity index (χ3v) is 6.40. The average Bonchev–Trinajstić information content (AvgIpc) is 2.77. The Hall–Kier alpha value is -3.02. The maximum Gasteiger partial charge on any atom is 0.323 e. The van der Waals surface area contributed by atoms with Crippen molar-refractivity contribution in [3.63, 3.8) is 0 Å². The minimum atomic E-state index is -1.08. The monoisotopic (exact) mass is 497 g/mol. The lowest BCUT2D eigenvalue weighted by atomic mass is 9.87. The van der Waals surface area contributed by atoms with E-state index in [1.54, 1.807) is 30.3 Å². The van der Waals surface area contributed by atoms with E-state index >= 15 is 0 Å². The number of hydrogen-bond donors (Lipinski definition) is 1. The zero-order valence-corrected chi connectivity index (χ0v) is 20.3. The second-order valence-corrected chi connectivity index (χ2v) is 9.74. The van der Waals surface area contributed by atoms with Gasteiger partial charge in [0.15, 0.2) is 0 Å². The molecule has 1 amide bonds. The van der Waals surface area contributed by atoms with Gasteiger partial charge in [0, 0.05) is 28.6 Å². The van der Waals surface area contributed by atoms with Crippen molar-refractivity contribution in [2.75, 3.05) is 6.54 Å². The van der Waals surface area contributed by atoms with Gasteiger partial charge in [-0.25, -0.2) is 0 Å². The quantitative estimate of drug-likeness (QED) is 0.431. The van der Waals surface area contributed by atoms with E-state index in [-0.39, 0.29) is 18.1 Å². The first-order valence-electron chi connectivity index (χ1n) is 11.0. The fourth-order valence-electron chi connectivity index (χ4n) is 4.33. The van der Waals surface area contributed by atoms with E-state index in [9.17, 15) is 14.7 Å². The SMILES string of the molecule is CC1(Cc2cccc(Cl)c2)CCc2cc(C(=O)N(CC(=O)O)Cc3cccc(Cl)c3)ccc2O1. The molecule has 0 spiro atoms. The molecule has 1 aliphatic heterocycles. The molecular weight excluding hydrogens is 473 g/mol. The highest BCUT2D eigenvalue weighted by Gasteiger charge is 2.32. The van der Waals surface area contributed by atoms with Gasteiger partial charge < -0.3 is 14.7 Å². The predicted octanol–water partition coefficient (Wildman–Crippen LogP) is 6.05. The predicted molar refractivity (Wildman–Crippen MR) is 133 cm³/mol. The molecule has 0 saturated carbocycles. The molecule has 7 heteroatoms. The van der Waals surface area contributed by atoms with Crippen molar-refractivity contribution in [2.24, 2.45) is 0 Å². The van der Waals surface area contributed by atoms with E-state index in [0.717, 1.165) is 41.7 Å².